The molecule has 0 aromatic carbocycles. The second kappa shape index (κ2) is 5.32. The number of amides is 2. The van der Waals surface area contributed by atoms with Gasteiger partial charge in [-0.15, -0.1) is 0 Å². The zero-order valence-electron chi connectivity index (χ0n) is 11.7. The van der Waals surface area contributed by atoms with Crippen LogP contribution in [0, 0.1) is 0 Å². The minimum Gasteiger partial charge on any atom is -0.318 e. The number of piperazine rings is 1. The van der Waals surface area contributed by atoms with Gasteiger partial charge in [0.2, 0.25) is 10.7 Å². The van der Waals surface area contributed by atoms with Crippen LogP contribution in [0.5, 0.6) is 0 Å². The van der Waals surface area contributed by atoms with Gasteiger partial charge in [-0.2, -0.15) is 0 Å². The number of likely N-dealkylation sites (N-methyl/N-ethyl adjacent to an activating group) is 2. The smallest absolute Gasteiger partial charge is 0.262 e. The highest BCUT2D eigenvalue weighted by Gasteiger charge is 2.52. The van der Waals surface area contributed by atoms with Crippen LogP contribution in [0.2, 0.25) is 0 Å². The van der Waals surface area contributed by atoms with Crippen molar-refractivity contribution >= 4 is 31.5 Å². The highest BCUT2D eigenvalue weighted by Crippen LogP contribution is 2.23. The lowest BCUT2D eigenvalue weighted by Gasteiger charge is -2.40. The van der Waals surface area contributed by atoms with E-state index in [4.69, 9.17) is 0 Å². The number of nitrogens with zero attached hydrogens (tertiary/aromatic N) is 2. The second-order valence-electron chi connectivity index (χ2n) is 4.51. The molecule has 0 saturated carbocycles. The molecule has 0 bridgehead atoms. The molecule has 0 aliphatic carbocycles. The summed E-state index contributed by atoms with van der Waals surface area (Å²) in [5.74, 6) is -2.45. The van der Waals surface area contributed by atoms with Crippen molar-refractivity contribution in [1.29, 1.82) is 0 Å². The fourth-order valence-electron chi connectivity index (χ4n) is 2.02. The molecule has 1 aliphatic rings. The van der Waals surface area contributed by atoms with Gasteiger partial charge in [-0.3, -0.25) is 9.59 Å². The number of hydrogen-bond acceptors (Lipinski definition) is 6. The van der Waals surface area contributed by atoms with E-state index < -0.39 is 42.2 Å². The molecule has 0 spiro atoms. The van der Waals surface area contributed by atoms with Crippen LogP contribution in [-0.4, -0.2) is 74.8 Å². The maximum Gasteiger partial charge on any atom is 0.262 e. The quantitative estimate of drug-likeness (QED) is 0.618. The Labute approximate surface area is 118 Å². The monoisotopic (exact) mass is 326 g/mol. The van der Waals surface area contributed by atoms with Crippen molar-refractivity contribution in [3.05, 3.63) is 0 Å². The van der Waals surface area contributed by atoms with Crippen LogP contribution in [0.1, 0.15) is 13.8 Å². The Morgan fingerprint density at radius 2 is 1.05 bits per heavy atom. The molecular weight excluding hydrogens is 308 g/mol. The fourth-order valence-corrected chi connectivity index (χ4v) is 4.77. The van der Waals surface area contributed by atoms with E-state index in [1.165, 1.54) is 13.8 Å². The summed E-state index contributed by atoms with van der Waals surface area (Å²) >= 11 is 0. The van der Waals surface area contributed by atoms with E-state index in [-0.39, 0.29) is 11.5 Å². The van der Waals surface area contributed by atoms with Gasteiger partial charge >= 0.3 is 0 Å². The van der Waals surface area contributed by atoms with Crippen LogP contribution < -0.4 is 0 Å². The van der Waals surface area contributed by atoms with Crippen molar-refractivity contribution < 1.29 is 26.4 Å². The molecule has 20 heavy (non-hydrogen) atoms. The summed E-state index contributed by atoms with van der Waals surface area (Å²) in [7, 11) is -5.43. The van der Waals surface area contributed by atoms with Crippen molar-refractivity contribution in [3.63, 3.8) is 0 Å². The molecule has 2 unspecified atom stereocenters. The Hall–Kier alpha value is -1.16. The summed E-state index contributed by atoms with van der Waals surface area (Å²) < 4.78 is 47.6. The largest absolute Gasteiger partial charge is 0.318 e. The summed E-state index contributed by atoms with van der Waals surface area (Å²) in [6, 6.07) is 0. The normalized spacial score (nSPS) is 25.2. The van der Waals surface area contributed by atoms with E-state index >= 15 is 0 Å². The zero-order valence-corrected chi connectivity index (χ0v) is 13.4. The van der Waals surface area contributed by atoms with Crippen LogP contribution in [0.25, 0.3) is 0 Å². The molecule has 2 atom stereocenters. The molecule has 0 radical (unpaired) electrons. The molecule has 10 heteroatoms. The maximum atomic E-state index is 12.1. The van der Waals surface area contributed by atoms with Crippen LogP contribution in [0.4, 0.5) is 0 Å². The molecule has 0 aromatic heterocycles. The zero-order chi connectivity index (χ0) is 15.9. The number of hydrogen-bond donors (Lipinski definition) is 0. The lowest BCUT2D eigenvalue weighted by atomic mass is 10.3. The molecule has 1 rings (SSSR count). The summed E-state index contributed by atoms with van der Waals surface area (Å²) in [6.45, 7) is 2.71. The third kappa shape index (κ3) is 2.53. The van der Waals surface area contributed by atoms with E-state index in [1.807, 2.05) is 0 Å². The van der Waals surface area contributed by atoms with Crippen molar-refractivity contribution in [3.8, 4) is 0 Å². The van der Waals surface area contributed by atoms with Gasteiger partial charge in [-0.25, -0.2) is 16.8 Å². The van der Waals surface area contributed by atoms with Gasteiger partial charge < -0.3 is 9.80 Å². The van der Waals surface area contributed by atoms with E-state index in [9.17, 15) is 26.4 Å². The Kier molecular flexibility index (Phi) is 4.49. The van der Waals surface area contributed by atoms with Gasteiger partial charge in [0.1, 0.15) is 0 Å². The van der Waals surface area contributed by atoms with Crippen LogP contribution in [0.15, 0.2) is 0 Å². The Morgan fingerprint density at radius 3 is 1.25 bits per heavy atom. The van der Waals surface area contributed by atoms with Gasteiger partial charge in [0.15, 0.2) is 19.7 Å². The molecule has 1 heterocycles. The summed E-state index contributed by atoms with van der Waals surface area (Å²) in [5.41, 5.74) is 0. The minimum atomic E-state index is -3.84. The molecule has 8 nitrogen and oxygen atoms in total. The standard InChI is InChI=1S/C10H18N2O6S2/c1-5-19(15,16)9-7(13)12(4)10(8(14)11(9)3)20(17,18)6-2/h9-10H,5-6H2,1-4H3. The third-order valence-corrected chi connectivity index (χ3v) is 7.31. The van der Waals surface area contributed by atoms with E-state index in [0.717, 1.165) is 14.1 Å². The lowest BCUT2D eigenvalue weighted by Crippen LogP contribution is -2.66. The number of carbonyl (C=O) groups excluding carboxylic acids is 2. The number of sulfone groups is 2. The topological polar surface area (TPSA) is 109 Å². The van der Waals surface area contributed by atoms with E-state index in [0.29, 0.717) is 9.80 Å². The van der Waals surface area contributed by atoms with Gasteiger partial charge in [-0.1, -0.05) is 13.8 Å². The van der Waals surface area contributed by atoms with Crippen molar-refractivity contribution in [1.82, 2.24) is 9.80 Å². The first-order valence-corrected chi connectivity index (χ1v) is 9.40. The number of rotatable bonds is 4. The SMILES string of the molecule is CCS(=O)(=O)C1C(=O)N(C)C(S(=O)(=O)CC)C(=O)N1C. The average Bonchev–Trinajstić information content (AvgIpc) is 2.36. The molecule has 1 aliphatic heterocycles. The predicted octanol–water partition coefficient (Wildman–Crippen LogP) is -1.56. The average molecular weight is 326 g/mol. The van der Waals surface area contributed by atoms with Gasteiger partial charge in [0.25, 0.3) is 11.8 Å². The lowest BCUT2D eigenvalue weighted by molar-refractivity contribution is -0.151. The first-order chi connectivity index (χ1) is 9.01. The first-order valence-electron chi connectivity index (χ1n) is 5.97. The highest BCUT2D eigenvalue weighted by atomic mass is 32.2. The van der Waals surface area contributed by atoms with Crippen LogP contribution in [-0.2, 0) is 29.3 Å². The maximum absolute atomic E-state index is 12.1. The Morgan fingerprint density at radius 1 is 0.800 bits per heavy atom. The van der Waals surface area contributed by atoms with Crippen LogP contribution >= 0.6 is 0 Å². The number of carbonyl (C=O) groups is 2. The highest BCUT2D eigenvalue weighted by molar-refractivity contribution is 7.93. The fraction of sp³-hybridized carbons (Fsp3) is 0.800. The van der Waals surface area contributed by atoms with Gasteiger partial charge in [-0.05, 0) is 0 Å². The second-order valence-corrected chi connectivity index (χ2v) is 9.21. The van der Waals surface area contributed by atoms with Crippen molar-refractivity contribution in [2.24, 2.45) is 0 Å². The van der Waals surface area contributed by atoms with Gasteiger partial charge in [0, 0.05) is 14.1 Å². The molecule has 2 amide bonds. The van der Waals surface area contributed by atoms with Crippen molar-refractivity contribution in [2.45, 2.75) is 24.6 Å². The van der Waals surface area contributed by atoms with E-state index in [2.05, 4.69) is 0 Å². The Balaban J connectivity index is 3.37. The molecule has 1 fully saturated rings. The molecule has 0 N–H and O–H groups in total. The van der Waals surface area contributed by atoms with Crippen molar-refractivity contribution in [2.75, 3.05) is 25.6 Å². The summed E-state index contributed by atoms with van der Waals surface area (Å²) in [5, 5.41) is -3.32. The summed E-state index contributed by atoms with van der Waals surface area (Å²) in [4.78, 5) is 25.7. The Bertz CT molecular complexity index is 568. The molecule has 0 aromatic rings. The molecular formula is C10H18N2O6S2. The predicted molar refractivity (Wildman–Crippen MR) is 72.0 cm³/mol. The van der Waals surface area contributed by atoms with E-state index in [1.54, 1.807) is 0 Å². The van der Waals surface area contributed by atoms with Gasteiger partial charge in [0.05, 0.1) is 11.5 Å². The third-order valence-electron chi connectivity index (χ3n) is 3.31. The minimum absolute atomic E-state index is 0.319. The van der Waals surface area contributed by atoms with Crippen LogP contribution in [0.3, 0.4) is 0 Å². The summed E-state index contributed by atoms with van der Waals surface area (Å²) in [6.07, 6.45) is 0. The first kappa shape index (κ1) is 16.9. The molecule has 1 saturated heterocycles. The molecule has 116 valence electrons.